The van der Waals surface area contributed by atoms with Crippen molar-refractivity contribution in [1.82, 2.24) is 4.98 Å². The lowest BCUT2D eigenvalue weighted by atomic mass is 10.1. The number of hydrogen-bond acceptors (Lipinski definition) is 4. The minimum absolute atomic E-state index is 0.0345. The van der Waals surface area contributed by atoms with E-state index in [9.17, 15) is 18.2 Å². The minimum atomic E-state index is -2.62. The fraction of sp³-hybridized carbons (Fsp3) is 0.300. The number of rotatable bonds is 9. The number of nitrogens with zero attached hydrogens (tertiary/aromatic N) is 2. The standard InChI is InChI=1S/C30H32FN3O3S/c1-4-6-15-38(37,16-7-5-2)34-29(35)25-18-24(20-32-21-25)13-12-23-9-8-10-26(19-23)33-30(36)27-17-22(3)11-14-28(27)31/h8-11,14,17-21H,4-7,15-16H2,1-3H3,(H,33,36). The number of anilines is 1. The molecule has 6 nitrogen and oxygen atoms in total. The molecule has 2 aromatic carbocycles. The van der Waals surface area contributed by atoms with E-state index in [-0.39, 0.29) is 11.1 Å². The number of pyridine rings is 1. The van der Waals surface area contributed by atoms with Crippen molar-refractivity contribution in [3.05, 3.63) is 94.6 Å². The van der Waals surface area contributed by atoms with Gasteiger partial charge in [-0.2, -0.15) is 4.36 Å². The van der Waals surface area contributed by atoms with Gasteiger partial charge in [-0.25, -0.2) is 8.60 Å². The highest BCUT2D eigenvalue weighted by Gasteiger charge is 2.14. The van der Waals surface area contributed by atoms with Crippen molar-refractivity contribution in [2.75, 3.05) is 16.8 Å². The molecule has 0 aliphatic heterocycles. The molecule has 0 radical (unpaired) electrons. The van der Waals surface area contributed by atoms with Crippen molar-refractivity contribution in [1.29, 1.82) is 0 Å². The van der Waals surface area contributed by atoms with Crippen molar-refractivity contribution in [3.8, 4) is 11.8 Å². The number of aromatic nitrogens is 1. The van der Waals surface area contributed by atoms with Gasteiger partial charge >= 0.3 is 0 Å². The van der Waals surface area contributed by atoms with Gasteiger partial charge in [-0.1, -0.05) is 56.2 Å². The Bertz CT molecular complexity index is 1480. The minimum Gasteiger partial charge on any atom is -0.322 e. The number of unbranched alkanes of at least 4 members (excludes halogenated alkanes) is 2. The Balaban J connectivity index is 1.78. The zero-order chi connectivity index (χ0) is 27.5. The van der Waals surface area contributed by atoms with Gasteiger partial charge in [0.05, 0.1) is 20.9 Å². The molecule has 3 aromatic rings. The molecule has 8 heteroatoms. The van der Waals surface area contributed by atoms with E-state index in [1.807, 2.05) is 13.8 Å². The van der Waals surface area contributed by atoms with E-state index in [0.29, 0.717) is 28.3 Å². The molecular weight excluding hydrogens is 501 g/mol. The second kappa shape index (κ2) is 13.6. The number of carbonyl (C=O) groups excluding carboxylic acids is 2. The Hall–Kier alpha value is -3.83. The van der Waals surface area contributed by atoms with Crippen LogP contribution in [0.25, 0.3) is 0 Å². The summed E-state index contributed by atoms with van der Waals surface area (Å²) in [5.41, 5.74) is 2.55. The fourth-order valence-electron chi connectivity index (χ4n) is 3.59. The van der Waals surface area contributed by atoms with E-state index >= 15 is 0 Å². The highest BCUT2D eigenvalue weighted by atomic mass is 32.2. The molecule has 0 saturated heterocycles. The van der Waals surface area contributed by atoms with Crippen LogP contribution in [-0.2, 0) is 9.73 Å². The second-order valence-electron chi connectivity index (χ2n) is 9.01. The number of nitrogens with one attached hydrogen (secondary N) is 1. The fourth-order valence-corrected chi connectivity index (χ4v) is 5.87. The summed E-state index contributed by atoms with van der Waals surface area (Å²) in [5.74, 6) is 5.08. The molecule has 1 aromatic heterocycles. The summed E-state index contributed by atoms with van der Waals surface area (Å²) < 4.78 is 31.4. The third kappa shape index (κ3) is 8.35. The summed E-state index contributed by atoms with van der Waals surface area (Å²) in [5, 5.41) is 2.70. The maximum absolute atomic E-state index is 14.1. The van der Waals surface area contributed by atoms with Gasteiger partial charge < -0.3 is 5.32 Å². The summed E-state index contributed by atoms with van der Waals surface area (Å²) >= 11 is 0. The molecule has 38 heavy (non-hydrogen) atoms. The molecule has 0 saturated carbocycles. The first-order valence-corrected chi connectivity index (χ1v) is 14.5. The molecule has 0 bridgehead atoms. The van der Waals surface area contributed by atoms with Gasteiger partial charge in [0, 0.05) is 40.7 Å². The first kappa shape index (κ1) is 28.7. The van der Waals surface area contributed by atoms with E-state index in [0.717, 1.165) is 31.2 Å². The second-order valence-corrected chi connectivity index (χ2v) is 11.6. The number of benzene rings is 2. The molecule has 1 N–H and O–H groups in total. The van der Waals surface area contributed by atoms with Crippen LogP contribution in [0.1, 0.15) is 76.9 Å². The Morgan fingerprint density at radius 3 is 2.39 bits per heavy atom. The van der Waals surface area contributed by atoms with Crippen molar-refractivity contribution in [3.63, 3.8) is 0 Å². The van der Waals surface area contributed by atoms with Crippen LogP contribution in [0.3, 0.4) is 0 Å². The third-order valence-corrected chi connectivity index (χ3v) is 8.06. The summed E-state index contributed by atoms with van der Waals surface area (Å²) in [6.45, 7) is 5.82. The average molecular weight is 534 g/mol. The normalized spacial score (nSPS) is 10.8. The highest BCUT2D eigenvalue weighted by Crippen LogP contribution is 2.16. The summed E-state index contributed by atoms with van der Waals surface area (Å²) in [4.78, 5) is 29.5. The molecule has 0 aliphatic rings. The maximum atomic E-state index is 14.1. The molecule has 0 fully saturated rings. The molecule has 0 aliphatic carbocycles. The highest BCUT2D eigenvalue weighted by molar-refractivity contribution is 7.93. The smallest absolute Gasteiger partial charge is 0.286 e. The van der Waals surface area contributed by atoms with Crippen molar-refractivity contribution in [2.24, 2.45) is 4.36 Å². The lowest BCUT2D eigenvalue weighted by molar-refractivity contribution is 0.100. The number of carbonyl (C=O) groups is 2. The van der Waals surface area contributed by atoms with Crippen LogP contribution in [0.15, 0.2) is 65.3 Å². The average Bonchev–Trinajstić information content (AvgIpc) is 2.91. The molecule has 2 amide bonds. The largest absolute Gasteiger partial charge is 0.322 e. The van der Waals surface area contributed by atoms with Crippen molar-refractivity contribution >= 4 is 27.2 Å². The number of amides is 2. The van der Waals surface area contributed by atoms with Gasteiger partial charge in [-0.3, -0.25) is 14.6 Å². The van der Waals surface area contributed by atoms with Crippen LogP contribution in [0.2, 0.25) is 0 Å². The van der Waals surface area contributed by atoms with E-state index in [4.69, 9.17) is 0 Å². The zero-order valence-electron chi connectivity index (χ0n) is 21.9. The summed E-state index contributed by atoms with van der Waals surface area (Å²) in [6.07, 6.45) is 6.20. The molecular formula is C30H32FN3O3S. The van der Waals surface area contributed by atoms with Crippen LogP contribution in [-0.4, -0.2) is 32.5 Å². The van der Waals surface area contributed by atoms with Gasteiger partial charge in [0.2, 0.25) is 0 Å². The number of aryl methyl sites for hydroxylation is 1. The van der Waals surface area contributed by atoms with Gasteiger partial charge in [0.15, 0.2) is 0 Å². The maximum Gasteiger partial charge on any atom is 0.286 e. The Morgan fingerprint density at radius 2 is 1.68 bits per heavy atom. The Labute approximate surface area is 224 Å². The molecule has 198 valence electrons. The molecule has 3 rings (SSSR count). The lowest BCUT2D eigenvalue weighted by Gasteiger charge is -2.08. The van der Waals surface area contributed by atoms with Crippen molar-refractivity contribution < 1.29 is 18.2 Å². The quantitative estimate of drug-likeness (QED) is 0.323. The van der Waals surface area contributed by atoms with Crippen LogP contribution in [0, 0.1) is 24.6 Å². The van der Waals surface area contributed by atoms with Gasteiger partial charge in [-0.05, 0) is 56.2 Å². The Morgan fingerprint density at radius 1 is 0.974 bits per heavy atom. The van der Waals surface area contributed by atoms with Crippen LogP contribution >= 0.6 is 0 Å². The van der Waals surface area contributed by atoms with E-state index in [1.165, 1.54) is 24.5 Å². The predicted octanol–water partition coefficient (Wildman–Crippen LogP) is 6.39. The zero-order valence-corrected chi connectivity index (χ0v) is 22.7. The lowest BCUT2D eigenvalue weighted by Crippen LogP contribution is -2.14. The SMILES string of the molecule is CCCCS(=O)(CCCC)=NC(=O)c1cncc(C#Cc2cccc(NC(=O)c3cc(C)ccc3F)c2)c1. The van der Waals surface area contributed by atoms with E-state index in [1.54, 1.807) is 43.3 Å². The topological polar surface area (TPSA) is 88.5 Å². The van der Waals surface area contributed by atoms with Crippen molar-refractivity contribution in [2.45, 2.75) is 46.5 Å². The third-order valence-electron chi connectivity index (χ3n) is 5.71. The first-order valence-electron chi connectivity index (χ1n) is 12.6. The number of halogens is 1. The van der Waals surface area contributed by atoms with Crippen LogP contribution in [0.4, 0.5) is 10.1 Å². The van der Waals surface area contributed by atoms with Crippen LogP contribution < -0.4 is 5.32 Å². The van der Waals surface area contributed by atoms with Crippen LogP contribution in [0.5, 0.6) is 0 Å². The predicted molar refractivity (Wildman–Crippen MR) is 150 cm³/mol. The molecule has 0 unspecified atom stereocenters. The summed E-state index contributed by atoms with van der Waals surface area (Å²) in [7, 11) is -2.62. The molecule has 0 spiro atoms. The molecule has 1 heterocycles. The Kier molecular flexibility index (Phi) is 10.3. The van der Waals surface area contributed by atoms with Gasteiger partial charge in [-0.15, -0.1) is 0 Å². The van der Waals surface area contributed by atoms with E-state index in [2.05, 4.69) is 26.5 Å². The monoisotopic (exact) mass is 533 g/mol. The van der Waals surface area contributed by atoms with Gasteiger partial charge in [0.1, 0.15) is 5.82 Å². The molecule has 0 atom stereocenters. The first-order chi connectivity index (χ1) is 18.2. The van der Waals surface area contributed by atoms with E-state index < -0.39 is 27.4 Å². The summed E-state index contributed by atoms with van der Waals surface area (Å²) in [6, 6.07) is 12.8. The number of hydrogen-bond donors (Lipinski definition) is 1. The van der Waals surface area contributed by atoms with Gasteiger partial charge in [0.25, 0.3) is 11.8 Å².